The van der Waals surface area contributed by atoms with Crippen molar-refractivity contribution in [2.75, 3.05) is 11.9 Å². The maximum atomic E-state index is 14.5. The van der Waals surface area contributed by atoms with Crippen molar-refractivity contribution < 1.29 is 18.3 Å². The zero-order valence-corrected chi connectivity index (χ0v) is 18.0. The van der Waals surface area contributed by atoms with Crippen LogP contribution >= 0.6 is 0 Å². The molecule has 10 heteroatoms. The highest BCUT2D eigenvalue weighted by Crippen LogP contribution is 2.43. The Kier molecular flexibility index (Phi) is 5.62. The van der Waals surface area contributed by atoms with Crippen LogP contribution in [-0.4, -0.2) is 32.5 Å². The fourth-order valence-electron chi connectivity index (χ4n) is 3.98. The highest BCUT2D eigenvalue weighted by atomic mass is 19.2. The molecule has 2 atom stereocenters. The minimum Gasteiger partial charge on any atom is -0.712 e. The van der Waals surface area contributed by atoms with Gasteiger partial charge >= 0.3 is 0 Å². The number of fused-ring (bicyclic) bond motifs is 2. The van der Waals surface area contributed by atoms with E-state index in [1.807, 2.05) is 6.92 Å². The number of hydrogen-bond donors (Lipinski definition) is 1. The summed E-state index contributed by atoms with van der Waals surface area (Å²) in [5, 5.41) is 10.5. The van der Waals surface area contributed by atoms with Gasteiger partial charge in [0.05, 0.1) is 24.3 Å². The molecule has 3 heterocycles. The first-order chi connectivity index (χ1) is 15.3. The van der Waals surface area contributed by atoms with Crippen molar-refractivity contribution in [2.45, 2.75) is 51.7 Å². The van der Waals surface area contributed by atoms with Crippen LogP contribution in [0, 0.1) is 11.6 Å². The maximum Gasteiger partial charge on any atom is 0.168 e. The number of aromatic nitrogens is 3. The van der Waals surface area contributed by atoms with Crippen LogP contribution in [0.25, 0.3) is 11.2 Å². The molecule has 0 radical (unpaired) electrons. The second-order valence-corrected chi connectivity index (χ2v) is 8.28. The summed E-state index contributed by atoms with van der Waals surface area (Å²) in [6.07, 6.45) is 4.37. The predicted molar refractivity (Wildman–Crippen MR) is 114 cm³/mol. The summed E-state index contributed by atoms with van der Waals surface area (Å²) >= 11 is 0. The van der Waals surface area contributed by atoms with Gasteiger partial charge in [0, 0.05) is 30.2 Å². The Labute approximate surface area is 183 Å². The third-order valence-electron chi connectivity index (χ3n) is 5.57. The van der Waals surface area contributed by atoms with Crippen molar-refractivity contribution >= 4 is 17.2 Å². The van der Waals surface area contributed by atoms with Gasteiger partial charge in [-0.15, -0.1) is 0 Å². The third kappa shape index (κ3) is 3.80. The molecular weight excluding hydrogens is 418 g/mol. The Morgan fingerprint density at radius 2 is 2.25 bits per heavy atom. The monoisotopic (exact) mass is 441 g/mol. The number of ketones is 1. The van der Waals surface area contributed by atoms with E-state index in [0.717, 1.165) is 12.5 Å². The van der Waals surface area contributed by atoms with E-state index in [4.69, 9.17) is 10.3 Å². The van der Waals surface area contributed by atoms with Gasteiger partial charge in [-0.1, -0.05) is 6.92 Å². The van der Waals surface area contributed by atoms with E-state index in [1.165, 1.54) is 10.7 Å². The fraction of sp³-hybridized carbons (Fsp3) is 0.409. The van der Waals surface area contributed by atoms with Gasteiger partial charge < -0.3 is 20.7 Å². The fourth-order valence-corrected chi connectivity index (χ4v) is 3.98. The molecule has 0 saturated carbocycles. The van der Waals surface area contributed by atoms with Gasteiger partial charge in [-0.05, 0) is 32.4 Å². The zero-order chi connectivity index (χ0) is 23.0. The number of benzene rings is 1. The number of Topliss-reactive ketones (excluding diaryl/α,β-unsaturated/α-hetero) is 1. The first-order valence-electron chi connectivity index (χ1n) is 10.4. The number of halogens is 2. The van der Waals surface area contributed by atoms with Crippen molar-refractivity contribution in [2.24, 2.45) is 5.11 Å². The molecule has 0 aliphatic carbocycles. The number of nitrogens with one attached hydrogen (secondary N) is 1. The summed E-state index contributed by atoms with van der Waals surface area (Å²) in [6, 6.07) is 2.28. The van der Waals surface area contributed by atoms with Crippen LogP contribution in [0.2, 0.25) is 0 Å². The Morgan fingerprint density at radius 1 is 1.47 bits per heavy atom. The highest BCUT2D eigenvalue weighted by Gasteiger charge is 2.39. The molecule has 0 bridgehead atoms. The lowest BCUT2D eigenvalue weighted by Crippen LogP contribution is -2.33. The summed E-state index contributed by atoms with van der Waals surface area (Å²) in [6.45, 7) is 5.30. The lowest BCUT2D eigenvalue weighted by molar-refractivity contribution is 0.0983. The molecule has 1 aromatic carbocycles. The summed E-state index contributed by atoms with van der Waals surface area (Å²) in [5.74, 6) is -1.30. The van der Waals surface area contributed by atoms with Crippen LogP contribution in [0.3, 0.4) is 0 Å². The Balaban J connectivity index is 1.66. The molecule has 168 valence electrons. The standard InChI is InChI=1S/C22H23F2N6O2/c1-4-5-17(31)15-10-27-30-7-6-18(29-21(15)30)28-12(2)13-8-16(23)19(24)14-9-22(3,11-26-25)32-20(13)14/h6-8,10,12H,4-5,9,11H2,1-3H3,(H,28,29)/q-1/t12-,22?/m1/s1. The lowest BCUT2D eigenvalue weighted by atomic mass is 9.96. The van der Waals surface area contributed by atoms with E-state index in [-0.39, 0.29) is 30.1 Å². The van der Waals surface area contributed by atoms with Gasteiger partial charge in [0.15, 0.2) is 23.1 Å². The molecule has 0 amide bonds. The second-order valence-electron chi connectivity index (χ2n) is 8.28. The smallest absolute Gasteiger partial charge is 0.168 e. The predicted octanol–water partition coefficient (Wildman–Crippen LogP) is 4.88. The molecule has 1 unspecified atom stereocenters. The molecule has 0 spiro atoms. The molecule has 0 fully saturated rings. The number of rotatable bonds is 8. The molecule has 4 rings (SSSR count). The van der Waals surface area contributed by atoms with E-state index in [2.05, 4.69) is 20.5 Å². The number of carbonyl (C=O) groups is 1. The lowest BCUT2D eigenvalue weighted by Gasteiger charge is -2.24. The quantitative estimate of drug-likeness (QED) is 0.396. The minimum absolute atomic E-state index is 0.0411. The van der Waals surface area contributed by atoms with Crippen LogP contribution in [0.5, 0.6) is 5.75 Å². The first-order valence-corrected chi connectivity index (χ1v) is 10.4. The van der Waals surface area contributed by atoms with E-state index in [1.54, 1.807) is 26.1 Å². The Morgan fingerprint density at radius 3 is 2.97 bits per heavy atom. The third-order valence-corrected chi connectivity index (χ3v) is 5.57. The number of carbonyl (C=O) groups excluding carboxylic acids is 1. The van der Waals surface area contributed by atoms with Crippen LogP contribution in [-0.2, 0) is 6.42 Å². The molecular formula is C22H23F2N6O2-. The summed E-state index contributed by atoms with van der Waals surface area (Å²) in [7, 11) is 0. The highest BCUT2D eigenvalue weighted by molar-refractivity contribution is 6.01. The van der Waals surface area contributed by atoms with Crippen LogP contribution in [0.15, 0.2) is 29.6 Å². The SMILES string of the molecule is CCCC(=O)c1cnn2ccc(N[C@H](C)c3cc(F)c(F)c4c3OC(C)(CN=[N-])C4)nc12. The van der Waals surface area contributed by atoms with Gasteiger partial charge in [0.2, 0.25) is 0 Å². The van der Waals surface area contributed by atoms with E-state index < -0.39 is 23.3 Å². The number of hydrogen-bond acceptors (Lipinski definition) is 6. The average molecular weight is 441 g/mol. The van der Waals surface area contributed by atoms with Gasteiger partial charge in [0.25, 0.3) is 0 Å². The minimum atomic E-state index is -0.979. The van der Waals surface area contributed by atoms with Gasteiger partial charge in [0.1, 0.15) is 17.2 Å². The molecule has 8 nitrogen and oxygen atoms in total. The summed E-state index contributed by atoms with van der Waals surface area (Å²) in [4.78, 5) is 16.9. The Hall–Kier alpha value is -3.43. The summed E-state index contributed by atoms with van der Waals surface area (Å²) < 4.78 is 36.2. The molecule has 1 aliphatic heterocycles. The van der Waals surface area contributed by atoms with Crippen LogP contribution < -0.4 is 10.1 Å². The molecule has 32 heavy (non-hydrogen) atoms. The van der Waals surface area contributed by atoms with E-state index in [0.29, 0.717) is 29.0 Å². The molecule has 1 N–H and O–H groups in total. The average Bonchev–Trinajstić information content (AvgIpc) is 3.32. The molecule has 3 aromatic rings. The van der Waals surface area contributed by atoms with Crippen molar-refractivity contribution in [3.05, 3.63) is 58.4 Å². The van der Waals surface area contributed by atoms with Crippen molar-refractivity contribution in [3.63, 3.8) is 0 Å². The van der Waals surface area contributed by atoms with E-state index in [9.17, 15) is 13.6 Å². The normalized spacial score (nSPS) is 18.3. The van der Waals surface area contributed by atoms with Gasteiger partial charge in [-0.3, -0.25) is 4.79 Å². The van der Waals surface area contributed by atoms with Gasteiger partial charge in [-0.2, -0.15) is 5.10 Å². The Bertz CT molecular complexity index is 1210. The molecule has 2 aromatic heterocycles. The van der Waals surface area contributed by atoms with Crippen molar-refractivity contribution in [1.82, 2.24) is 14.6 Å². The number of ether oxygens (including phenoxy) is 1. The molecule has 1 aliphatic rings. The van der Waals surface area contributed by atoms with Crippen molar-refractivity contribution in [3.8, 4) is 5.75 Å². The first kappa shape index (κ1) is 21.8. The largest absolute Gasteiger partial charge is 0.712 e. The molecule has 0 saturated heterocycles. The van der Waals surface area contributed by atoms with Crippen molar-refractivity contribution in [1.29, 1.82) is 0 Å². The number of anilines is 1. The van der Waals surface area contributed by atoms with Crippen LogP contribution in [0.4, 0.5) is 14.6 Å². The maximum absolute atomic E-state index is 14.5. The van der Waals surface area contributed by atoms with Crippen LogP contribution in [0.1, 0.15) is 61.1 Å². The number of nitrogens with zero attached hydrogens (tertiary/aromatic N) is 5. The second kappa shape index (κ2) is 8.25. The zero-order valence-electron chi connectivity index (χ0n) is 18.0. The summed E-state index contributed by atoms with van der Waals surface area (Å²) in [5.41, 5.74) is 9.38. The van der Waals surface area contributed by atoms with E-state index >= 15 is 0 Å². The topological polar surface area (TPSA) is 103 Å². The van der Waals surface area contributed by atoms with Gasteiger partial charge in [-0.25, -0.2) is 18.3 Å².